The highest BCUT2D eigenvalue weighted by atomic mass is 35.5. The van der Waals surface area contributed by atoms with Crippen molar-refractivity contribution in [3.63, 3.8) is 0 Å². The number of rotatable bonds is 5. The van der Waals surface area contributed by atoms with Gasteiger partial charge < -0.3 is 15.0 Å². The molecule has 2 aliphatic rings. The second kappa shape index (κ2) is 7.07. The van der Waals surface area contributed by atoms with Crippen LogP contribution >= 0.6 is 11.6 Å². The van der Waals surface area contributed by atoms with Crippen molar-refractivity contribution >= 4 is 22.5 Å². The highest BCUT2D eigenvalue weighted by Gasteiger charge is 2.23. The van der Waals surface area contributed by atoms with Gasteiger partial charge in [0.2, 0.25) is 0 Å². The zero-order valence-electron chi connectivity index (χ0n) is 14.2. The van der Waals surface area contributed by atoms with Gasteiger partial charge in [0.25, 0.3) is 0 Å². The quantitative estimate of drug-likeness (QED) is 0.856. The molecule has 2 aliphatic carbocycles. The Kier molecular flexibility index (Phi) is 4.84. The van der Waals surface area contributed by atoms with Crippen LogP contribution in [0.5, 0.6) is 0 Å². The number of halogens is 1. The molecular formula is C20H27ClN2O. The molecule has 1 atom stereocenters. The van der Waals surface area contributed by atoms with Crippen molar-refractivity contribution in [1.29, 1.82) is 0 Å². The normalized spacial score (nSPS) is 19.8. The van der Waals surface area contributed by atoms with Crippen molar-refractivity contribution in [3.8, 4) is 0 Å². The van der Waals surface area contributed by atoms with E-state index < -0.39 is 0 Å². The number of aryl methyl sites for hydroxylation is 1. The predicted octanol–water partition coefficient (Wildman–Crippen LogP) is 4.07. The van der Waals surface area contributed by atoms with Gasteiger partial charge in [-0.2, -0.15) is 0 Å². The molecule has 2 aromatic rings. The maximum atomic E-state index is 10.6. The van der Waals surface area contributed by atoms with Crippen molar-refractivity contribution in [2.75, 3.05) is 6.54 Å². The van der Waals surface area contributed by atoms with E-state index in [0.717, 1.165) is 23.4 Å². The molecule has 130 valence electrons. The predicted molar refractivity (Wildman–Crippen MR) is 99.9 cm³/mol. The lowest BCUT2D eigenvalue weighted by atomic mass is 9.95. The van der Waals surface area contributed by atoms with Gasteiger partial charge >= 0.3 is 0 Å². The molecule has 3 nitrogen and oxygen atoms in total. The minimum absolute atomic E-state index is 0.372. The van der Waals surface area contributed by atoms with Gasteiger partial charge in [0.05, 0.1) is 23.2 Å². The average Bonchev–Trinajstić information content (AvgIpc) is 3.21. The first kappa shape index (κ1) is 16.4. The van der Waals surface area contributed by atoms with E-state index in [1.165, 1.54) is 55.2 Å². The zero-order valence-corrected chi connectivity index (χ0v) is 15.0. The Balaban J connectivity index is 1.58. The van der Waals surface area contributed by atoms with Gasteiger partial charge in [-0.1, -0.05) is 36.6 Å². The lowest BCUT2D eigenvalue weighted by Crippen LogP contribution is -2.36. The molecule has 2 N–H and O–H groups in total. The van der Waals surface area contributed by atoms with Crippen molar-refractivity contribution in [1.82, 2.24) is 9.88 Å². The summed E-state index contributed by atoms with van der Waals surface area (Å²) in [6.45, 7) is 1.30. The molecule has 1 heterocycles. The molecular weight excluding hydrogens is 320 g/mol. The van der Waals surface area contributed by atoms with Gasteiger partial charge in [0.1, 0.15) is 0 Å². The Hall–Kier alpha value is -1.03. The Labute approximate surface area is 149 Å². The number of benzene rings is 1. The molecule has 0 saturated heterocycles. The fourth-order valence-electron chi connectivity index (χ4n) is 4.55. The number of nitrogens with zero attached hydrogens (tertiary/aromatic N) is 1. The number of aromatic nitrogens is 1. The number of nitrogens with one attached hydrogen (secondary N) is 1. The van der Waals surface area contributed by atoms with E-state index in [1.807, 2.05) is 12.1 Å². The molecule has 0 amide bonds. The van der Waals surface area contributed by atoms with Crippen molar-refractivity contribution in [3.05, 3.63) is 34.5 Å². The van der Waals surface area contributed by atoms with Crippen LogP contribution in [0, 0.1) is 0 Å². The first-order chi connectivity index (χ1) is 11.7. The van der Waals surface area contributed by atoms with E-state index in [4.69, 9.17) is 11.6 Å². The summed E-state index contributed by atoms with van der Waals surface area (Å²) in [7, 11) is 0. The van der Waals surface area contributed by atoms with Crippen LogP contribution in [-0.2, 0) is 19.4 Å². The largest absolute Gasteiger partial charge is 0.390 e. The van der Waals surface area contributed by atoms with Gasteiger partial charge in [-0.05, 0) is 50.2 Å². The SMILES string of the molecule is O[C@@H](CNC1CCCC1)Cn1c2c(c3cccc(Cl)c31)CCCC2. The average molecular weight is 347 g/mol. The third kappa shape index (κ3) is 3.10. The zero-order chi connectivity index (χ0) is 16.5. The number of aliphatic hydroxyl groups excluding tert-OH is 1. The van der Waals surface area contributed by atoms with E-state index in [9.17, 15) is 5.11 Å². The molecule has 0 spiro atoms. The molecule has 0 aliphatic heterocycles. The first-order valence-corrected chi connectivity index (χ1v) is 9.81. The van der Waals surface area contributed by atoms with Crippen LogP contribution < -0.4 is 5.32 Å². The first-order valence-electron chi connectivity index (χ1n) is 9.44. The molecule has 1 fully saturated rings. The smallest absolute Gasteiger partial charge is 0.0843 e. The molecule has 0 unspecified atom stereocenters. The van der Waals surface area contributed by atoms with E-state index in [-0.39, 0.29) is 6.10 Å². The monoisotopic (exact) mass is 346 g/mol. The lowest BCUT2D eigenvalue weighted by Gasteiger charge is -2.20. The number of hydrogen-bond acceptors (Lipinski definition) is 2. The van der Waals surface area contributed by atoms with Crippen LogP contribution in [0.4, 0.5) is 0 Å². The standard InChI is InChI=1S/C20H27ClN2O/c21-18-10-5-9-17-16-8-3-4-11-19(16)23(20(17)18)13-15(24)12-22-14-6-1-2-7-14/h5,9-10,14-15,22,24H,1-4,6-8,11-13H2/t15-/m0/s1. The summed E-state index contributed by atoms with van der Waals surface area (Å²) < 4.78 is 2.30. The molecule has 24 heavy (non-hydrogen) atoms. The van der Waals surface area contributed by atoms with Crippen LogP contribution in [0.25, 0.3) is 10.9 Å². The maximum absolute atomic E-state index is 10.6. The van der Waals surface area contributed by atoms with Crippen molar-refractivity contribution in [2.45, 2.75) is 70.1 Å². The fraction of sp³-hybridized carbons (Fsp3) is 0.600. The maximum Gasteiger partial charge on any atom is 0.0843 e. The van der Waals surface area contributed by atoms with Gasteiger partial charge in [-0.15, -0.1) is 0 Å². The second-order valence-corrected chi connectivity index (χ2v) is 7.83. The highest BCUT2D eigenvalue weighted by molar-refractivity contribution is 6.35. The molecule has 4 heteroatoms. The summed E-state index contributed by atoms with van der Waals surface area (Å²) in [6.07, 6.45) is 9.49. The summed E-state index contributed by atoms with van der Waals surface area (Å²) in [4.78, 5) is 0. The molecule has 0 radical (unpaired) electrons. The summed E-state index contributed by atoms with van der Waals surface area (Å²) in [5, 5.41) is 16.2. The van der Waals surface area contributed by atoms with Crippen molar-refractivity contribution in [2.24, 2.45) is 0 Å². The Morgan fingerprint density at radius 2 is 1.96 bits per heavy atom. The van der Waals surface area contributed by atoms with Gasteiger partial charge in [0.15, 0.2) is 0 Å². The molecule has 4 rings (SSSR count). The van der Waals surface area contributed by atoms with E-state index in [2.05, 4.69) is 16.0 Å². The highest BCUT2D eigenvalue weighted by Crippen LogP contribution is 2.35. The number of hydrogen-bond donors (Lipinski definition) is 2. The lowest BCUT2D eigenvalue weighted by molar-refractivity contribution is 0.147. The van der Waals surface area contributed by atoms with Crippen LogP contribution in [0.2, 0.25) is 5.02 Å². The Morgan fingerprint density at radius 1 is 1.17 bits per heavy atom. The topological polar surface area (TPSA) is 37.2 Å². The fourth-order valence-corrected chi connectivity index (χ4v) is 4.83. The third-order valence-electron chi connectivity index (χ3n) is 5.74. The summed E-state index contributed by atoms with van der Waals surface area (Å²) in [5.41, 5.74) is 3.96. The minimum atomic E-state index is -0.372. The molecule has 1 aromatic heterocycles. The molecule has 1 aromatic carbocycles. The van der Waals surface area contributed by atoms with E-state index in [1.54, 1.807) is 0 Å². The Morgan fingerprint density at radius 3 is 2.79 bits per heavy atom. The van der Waals surface area contributed by atoms with Gasteiger partial charge in [0, 0.05) is 23.7 Å². The third-order valence-corrected chi connectivity index (χ3v) is 6.04. The van der Waals surface area contributed by atoms with Gasteiger partial charge in [-0.25, -0.2) is 0 Å². The Bertz CT molecular complexity index is 718. The summed E-state index contributed by atoms with van der Waals surface area (Å²) in [6, 6.07) is 6.79. The molecule has 1 saturated carbocycles. The van der Waals surface area contributed by atoms with E-state index >= 15 is 0 Å². The van der Waals surface area contributed by atoms with Crippen LogP contribution in [0.3, 0.4) is 0 Å². The van der Waals surface area contributed by atoms with Crippen LogP contribution in [0.15, 0.2) is 18.2 Å². The second-order valence-electron chi connectivity index (χ2n) is 7.42. The van der Waals surface area contributed by atoms with Crippen LogP contribution in [0.1, 0.15) is 49.8 Å². The number of aliphatic hydroxyl groups is 1. The summed E-state index contributed by atoms with van der Waals surface area (Å²) in [5.74, 6) is 0. The van der Waals surface area contributed by atoms with E-state index in [0.29, 0.717) is 19.1 Å². The minimum Gasteiger partial charge on any atom is -0.390 e. The number of para-hydroxylation sites is 1. The van der Waals surface area contributed by atoms with Crippen LogP contribution in [-0.4, -0.2) is 28.4 Å². The molecule has 0 bridgehead atoms. The summed E-state index contributed by atoms with van der Waals surface area (Å²) >= 11 is 6.53. The van der Waals surface area contributed by atoms with Crippen molar-refractivity contribution < 1.29 is 5.11 Å². The number of fused-ring (bicyclic) bond motifs is 3. The van der Waals surface area contributed by atoms with Gasteiger partial charge in [-0.3, -0.25) is 0 Å².